The predicted octanol–water partition coefficient (Wildman–Crippen LogP) is 1.95. The van der Waals surface area contributed by atoms with Crippen molar-refractivity contribution in [2.45, 2.75) is 26.7 Å². The number of nitrogens with two attached hydrogens (primary N) is 1. The fourth-order valence-electron chi connectivity index (χ4n) is 2.16. The van der Waals surface area contributed by atoms with Gasteiger partial charge in [-0.2, -0.15) is 0 Å². The number of anilines is 1. The summed E-state index contributed by atoms with van der Waals surface area (Å²) in [6.07, 6.45) is 0.950. The van der Waals surface area contributed by atoms with Crippen molar-refractivity contribution in [2.24, 2.45) is 0 Å². The molecule has 0 atom stereocenters. The lowest BCUT2D eigenvalue weighted by Gasteiger charge is -2.23. The van der Waals surface area contributed by atoms with Gasteiger partial charge in [0.1, 0.15) is 0 Å². The Hall–Kier alpha value is -1.75. The number of hydrogen-bond acceptors (Lipinski definition) is 3. The summed E-state index contributed by atoms with van der Waals surface area (Å²) in [4.78, 5) is 27.2. The molecular formula is C16H26ClN3O2. The van der Waals surface area contributed by atoms with Gasteiger partial charge in [-0.15, -0.1) is 12.4 Å². The van der Waals surface area contributed by atoms with Crippen molar-refractivity contribution in [3.63, 3.8) is 0 Å². The van der Waals surface area contributed by atoms with Crippen LogP contribution < -0.4 is 5.73 Å². The van der Waals surface area contributed by atoms with Crippen LogP contribution in [0.3, 0.4) is 0 Å². The normalized spacial score (nSPS) is 9.77. The lowest BCUT2D eigenvalue weighted by atomic mass is 10.1. The number of likely N-dealkylation sites (N-methyl/N-ethyl adjacent to an activating group) is 2. The van der Waals surface area contributed by atoms with Crippen LogP contribution in [0.4, 0.5) is 5.69 Å². The van der Waals surface area contributed by atoms with Crippen LogP contribution in [0, 0.1) is 0 Å². The van der Waals surface area contributed by atoms with Crippen molar-refractivity contribution in [2.75, 3.05) is 32.4 Å². The van der Waals surface area contributed by atoms with Gasteiger partial charge in [0, 0.05) is 32.2 Å². The molecule has 5 nitrogen and oxygen atoms in total. The van der Waals surface area contributed by atoms with Gasteiger partial charge in [0.05, 0.1) is 6.54 Å². The molecule has 2 amide bonds. The molecule has 1 aromatic carbocycles. The fourth-order valence-corrected chi connectivity index (χ4v) is 2.16. The molecule has 2 N–H and O–H groups in total. The number of para-hydroxylation sites is 1. The summed E-state index contributed by atoms with van der Waals surface area (Å²) >= 11 is 0. The molecular weight excluding hydrogens is 302 g/mol. The van der Waals surface area contributed by atoms with Gasteiger partial charge in [-0.1, -0.05) is 18.2 Å². The van der Waals surface area contributed by atoms with Crippen LogP contribution >= 0.6 is 12.4 Å². The second kappa shape index (κ2) is 10.1. The molecule has 0 saturated heterocycles. The van der Waals surface area contributed by atoms with Crippen molar-refractivity contribution >= 4 is 29.9 Å². The summed E-state index contributed by atoms with van der Waals surface area (Å²) in [6.45, 7) is 5.32. The summed E-state index contributed by atoms with van der Waals surface area (Å²) in [5.41, 5.74) is 7.52. The molecule has 22 heavy (non-hydrogen) atoms. The highest BCUT2D eigenvalue weighted by molar-refractivity contribution is 5.85. The molecule has 0 unspecified atom stereocenters. The van der Waals surface area contributed by atoms with Crippen LogP contribution in [0.15, 0.2) is 24.3 Å². The monoisotopic (exact) mass is 327 g/mol. The van der Waals surface area contributed by atoms with E-state index in [9.17, 15) is 9.59 Å². The van der Waals surface area contributed by atoms with E-state index in [-0.39, 0.29) is 30.8 Å². The van der Waals surface area contributed by atoms with E-state index < -0.39 is 0 Å². The third kappa shape index (κ3) is 5.93. The molecule has 0 radical (unpaired) electrons. The van der Waals surface area contributed by atoms with Gasteiger partial charge in [-0.25, -0.2) is 0 Å². The van der Waals surface area contributed by atoms with E-state index in [0.717, 1.165) is 5.56 Å². The molecule has 1 rings (SSSR count). The lowest BCUT2D eigenvalue weighted by molar-refractivity contribution is -0.139. The Labute approximate surface area is 138 Å². The minimum atomic E-state index is -0.0428. The number of nitrogen functional groups attached to an aromatic ring is 1. The van der Waals surface area contributed by atoms with E-state index in [2.05, 4.69) is 0 Å². The number of rotatable bonds is 7. The molecule has 0 heterocycles. The molecule has 0 spiro atoms. The molecule has 6 heteroatoms. The van der Waals surface area contributed by atoms with Crippen LogP contribution in [0.2, 0.25) is 0 Å². The second-order valence-corrected chi connectivity index (χ2v) is 5.01. The topological polar surface area (TPSA) is 66.6 Å². The summed E-state index contributed by atoms with van der Waals surface area (Å²) in [7, 11) is 1.66. The SMILES string of the molecule is CCN(CC)C(=O)CN(C)C(=O)CCc1ccccc1N.Cl. The zero-order valence-corrected chi connectivity index (χ0v) is 14.4. The minimum Gasteiger partial charge on any atom is -0.399 e. The molecule has 0 bridgehead atoms. The highest BCUT2D eigenvalue weighted by Gasteiger charge is 2.16. The first kappa shape index (κ1) is 20.2. The predicted molar refractivity (Wildman–Crippen MR) is 92.0 cm³/mol. The zero-order chi connectivity index (χ0) is 15.8. The Balaban J connectivity index is 0.00000441. The second-order valence-electron chi connectivity index (χ2n) is 5.01. The van der Waals surface area contributed by atoms with Crippen LogP contribution in [0.25, 0.3) is 0 Å². The largest absolute Gasteiger partial charge is 0.399 e. The van der Waals surface area contributed by atoms with Crippen LogP contribution in [-0.4, -0.2) is 48.3 Å². The third-order valence-electron chi connectivity index (χ3n) is 3.58. The molecule has 0 aromatic heterocycles. The Kier molecular flexibility index (Phi) is 9.26. The van der Waals surface area contributed by atoms with E-state index in [1.807, 2.05) is 38.1 Å². The Morgan fingerprint density at radius 3 is 2.23 bits per heavy atom. The molecule has 124 valence electrons. The zero-order valence-electron chi connectivity index (χ0n) is 13.5. The number of benzene rings is 1. The van der Waals surface area contributed by atoms with Gasteiger partial charge in [-0.3, -0.25) is 9.59 Å². The maximum Gasteiger partial charge on any atom is 0.242 e. The van der Waals surface area contributed by atoms with E-state index >= 15 is 0 Å². The Morgan fingerprint density at radius 1 is 1.09 bits per heavy atom. The summed E-state index contributed by atoms with van der Waals surface area (Å²) in [6, 6.07) is 7.52. The quantitative estimate of drug-likeness (QED) is 0.778. The number of carbonyl (C=O) groups is 2. The first-order chi connectivity index (χ1) is 9.99. The minimum absolute atomic E-state index is 0. The first-order valence-electron chi connectivity index (χ1n) is 7.34. The van der Waals surface area contributed by atoms with E-state index in [4.69, 9.17) is 5.73 Å². The van der Waals surface area contributed by atoms with Crippen molar-refractivity contribution in [3.8, 4) is 0 Å². The molecule has 0 fully saturated rings. The average molecular weight is 328 g/mol. The van der Waals surface area contributed by atoms with E-state index in [1.165, 1.54) is 4.90 Å². The third-order valence-corrected chi connectivity index (χ3v) is 3.58. The Bertz CT molecular complexity index is 490. The highest BCUT2D eigenvalue weighted by Crippen LogP contribution is 2.13. The van der Waals surface area contributed by atoms with Gasteiger partial charge in [0.25, 0.3) is 0 Å². The lowest BCUT2D eigenvalue weighted by Crippen LogP contribution is -2.41. The average Bonchev–Trinajstić information content (AvgIpc) is 2.47. The van der Waals surface area contributed by atoms with Crippen molar-refractivity contribution < 1.29 is 9.59 Å². The smallest absolute Gasteiger partial charge is 0.242 e. The van der Waals surface area contributed by atoms with Crippen LogP contribution in [0.5, 0.6) is 0 Å². The fraction of sp³-hybridized carbons (Fsp3) is 0.500. The number of nitrogens with zero attached hydrogens (tertiary/aromatic N) is 2. The molecule has 1 aromatic rings. The molecule has 0 aliphatic heterocycles. The Morgan fingerprint density at radius 2 is 1.68 bits per heavy atom. The van der Waals surface area contributed by atoms with Gasteiger partial charge in [0.2, 0.25) is 11.8 Å². The van der Waals surface area contributed by atoms with E-state index in [0.29, 0.717) is 31.6 Å². The van der Waals surface area contributed by atoms with E-state index in [1.54, 1.807) is 11.9 Å². The number of aryl methyl sites for hydroxylation is 1. The number of hydrogen-bond donors (Lipinski definition) is 1. The summed E-state index contributed by atoms with van der Waals surface area (Å²) < 4.78 is 0. The summed E-state index contributed by atoms with van der Waals surface area (Å²) in [5, 5.41) is 0. The van der Waals surface area contributed by atoms with Crippen molar-refractivity contribution in [1.82, 2.24) is 9.80 Å². The van der Waals surface area contributed by atoms with Gasteiger partial charge in [0.15, 0.2) is 0 Å². The van der Waals surface area contributed by atoms with Crippen molar-refractivity contribution in [3.05, 3.63) is 29.8 Å². The summed E-state index contributed by atoms with van der Waals surface area (Å²) in [5.74, 6) is -0.0613. The van der Waals surface area contributed by atoms with Crippen LogP contribution in [-0.2, 0) is 16.0 Å². The highest BCUT2D eigenvalue weighted by atomic mass is 35.5. The maximum atomic E-state index is 12.1. The van der Waals surface area contributed by atoms with Crippen molar-refractivity contribution in [1.29, 1.82) is 0 Å². The number of halogens is 1. The molecule has 0 saturated carbocycles. The van der Waals surface area contributed by atoms with Gasteiger partial charge >= 0.3 is 0 Å². The maximum absolute atomic E-state index is 12.1. The molecule has 0 aliphatic carbocycles. The number of amides is 2. The first-order valence-corrected chi connectivity index (χ1v) is 7.34. The standard InChI is InChI=1S/C16H25N3O2.ClH/c1-4-19(5-2)16(21)12-18(3)15(20)11-10-13-8-6-7-9-14(13)17;/h6-9H,4-5,10-12,17H2,1-3H3;1H. The van der Waals surface area contributed by atoms with Gasteiger partial charge < -0.3 is 15.5 Å². The molecule has 0 aliphatic rings. The number of carbonyl (C=O) groups excluding carboxylic acids is 2. The van der Waals surface area contributed by atoms with Crippen LogP contribution in [0.1, 0.15) is 25.8 Å². The van der Waals surface area contributed by atoms with Gasteiger partial charge in [-0.05, 0) is 31.9 Å².